The zero-order valence-electron chi connectivity index (χ0n) is 8.66. The molecule has 1 aromatic rings. The predicted molar refractivity (Wildman–Crippen MR) is 66.5 cm³/mol. The van der Waals surface area contributed by atoms with Crippen LogP contribution in [0, 0.1) is 0 Å². The number of aromatic nitrogens is 1. The van der Waals surface area contributed by atoms with E-state index >= 15 is 0 Å². The molecule has 0 N–H and O–H groups in total. The van der Waals surface area contributed by atoms with Crippen molar-refractivity contribution in [2.45, 2.75) is 13.0 Å². The third-order valence-corrected chi connectivity index (χ3v) is 3.78. The molecule has 1 aliphatic heterocycles. The van der Waals surface area contributed by atoms with Crippen LogP contribution >= 0.6 is 23.4 Å². The van der Waals surface area contributed by atoms with Crippen molar-refractivity contribution in [3.8, 4) is 0 Å². The van der Waals surface area contributed by atoms with Crippen LogP contribution in [-0.4, -0.2) is 34.5 Å². The molecule has 0 atom stereocenters. The molecule has 0 aliphatic carbocycles. The zero-order valence-corrected chi connectivity index (χ0v) is 10.2. The van der Waals surface area contributed by atoms with Crippen LogP contribution in [0.5, 0.6) is 0 Å². The molecule has 1 aliphatic rings. The highest BCUT2D eigenvalue weighted by Crippen LogP contribution is 2.13. The number of nitrogens with zero attached hydrogens (tertiary/aromatic N) is 2. The van der Waals surface area contributed by atoms with Gasteiger partial charge in [0.15, 0.2) is 0 Å². The van der Waals surface area contributed by atoms with E-state index in [1.807, 2.05) is 12.3 Å². The molecule has 0 saturated carbocycles. The van der Waals surface area contributed by atoms with Crippen molar-refractivity contribution >= 4 is 23.4 Å². The van der Waals surface area contributed by atoms with Gasteiger partial charge in [-0.05, 0) is 30.3 Å². The van der Waals surface area contributed by atoms with E-state index in [1.54, 1.807) is 0 Å². The largest absolute Gasteiger partial charge is 0.298 e. The van der Waals surface area contributed by atoms with Crippen molar-refractivity contribution in [2.75, 3.05) is 24.6 Å². The maximum absolute atomic E-state index is 5.75. The van der Waals surface area contributed by atoms with Gasteiger partial charge < -0.3 is 0 Å². The molecule has 15 heavy (non-hydrogen) atoms. The minimum absolute atomic E-state index is 0.574. The fraction of sp³-hybridized carbons (Fsp3) is 0.545. The van der Waals surface area contributed by atoms with Gasteiger partial charge in [-0.1, -0.05) is 17.7 Å². The third kappa shape index (κ3) is 3.67. The van der Waals surface area contributed by atoms with E-state index in [0.717, 1.165) is 6.54 Å². The highest BCUT2D eigenvalue weighted by Gasteiger charge is 2.09. The Labute approximate surface area is 100 Å². The SMILES string of the molecule is Clc1ccc(CN2CCCSCC2)cn1. The lowest BCUT2D eigenvalue weighted by atomic mass is 10.2. The summed E-state index contributed by atoms with van der Waals surface area (Å²) in [5.41, 5.74) is 1.26. The first-order chi connectivity index (χ1) is 7.34. The molecular formula is C11H15ClN2S. The maximum Gasteiger partial charge on any atom is 0.129 e. The van der Waals surface area contributed by atoms with Gasteiger partial charge in [0, 0.05) is 25.0 Å². The minimum atomic E-state index is 0.574. The fourth-order valence-electron chi connectivity index (χ4n) is 1.71. The Morgan fingerprint density at radius 1 is 1.33 bits per heavy atom. The standard InChI is InChI=1S/C11H15ClN2S/c12-11-3-2-10(8-13-11)9-14-4-1-6-15-7-5-14/h2-3,8H,1,4-7,9H2. The number of halogens is 1. The van der Waals surface area contributed by atoms with Gasteiger partial charge in [0.2, 0.25) is 0 Å². The molecule has 2 rings (SSSR count). The van der Waals surface area contributed by atoms with E-state index in [4.69, 9.17) is 11.6 Å². The summed E-state index contributed by atoms with van der Waals surface area (Å²) in [6.45, 7) is 3.40. The average Bonchev–Trinajstić information content (AvgIpc) is 2.50. The van der Waals surface area contributed by atoms with E-state index in [9.17, 15) is 0 Å². The summed E-state index contributed by atoms with van der Waals surface area (Å²) in [5.74, 6) is 2.55. The second-order valence-electron chi connectivity index (χ2n) is 3.73. The molecule has 1 saturated heterocycles. The topological polar surface area (TPSA) is 16.1 Å². The minimum Gasteiger partial charge on any atom is -0.298 e. The van der Waals surface area contributed by atoms with Gasteiger partial charge in [-0.3, -0.25) is 4.90 Å². The van der Waals surface area contributed by atoms with Crippen LogP contribution in [0.25, 0.3) is 0 Å². The first-order valence-electron chi connectivity index (χ1n) is 5.25. The van der Waals surface area contributed by atoms with Gasteiger partial charge in [-0.15, -0.1) is 0 Å². The Kier molecular flexibility index (Phi) is 4.29. The van der Waals surface area contributed by atoms with Crippen molar-refractivity contribution in [3.05, 3.63) is 29.0 Å². The molecule has 82 valence electrons. The molecule has 0 radical (unpaired) electrons. The van der Waals surface area contributed by atoms with Crippen molar-refractivity contribution < 1.29 is 0 Å². The fourth-order valence-corrected chi connectivity index (χ4v) is 2.75. The first-order valence-corrected chi connectivity index (χ1v) is 6.78. The second kappa shape index (κ2) is 5.73. The Morgan fingerprint density at radius 3 is 3.07 bits per heavy atom. The highest BCUT2D eigenvalue weighted by molar-refractivity contribution is 7.99. The summed E-state index contributed by atoms with van der Waals surface area (Å²) < 4.78 is 0. The number of pyridine rings is 1. The highest BCUT2D eigenvalue weighted by atomic mass is 35.5. The molecule has 0 bridgehead atoms. The van der Waals surface area contributed by atoms with Crippen molar-refractivity contribution in [2.24, 2.45) is 0 Å². The first kappa shape index (κ1) is 11.2. The van der Waals surface area contributed by atoms with Crippen molar-refractivity contribution in [1.82, 2.24) is 9.88 Å². The van der Waals surface area contributed by atoms with Gasteiger partial charge >= 0.3 is 0 Å². The van der Waals surface area contributed by atoms with E-state index in [0.29, 0.717) is 5.15 Å². The van der Waals surface area contributed by atoms with Crippen LogP contribution in [0.2, 0.25) is 5.15 Å². The molecule has 2 heterocycles. The van der Waals surface area contributed by atoms with E-state index in [1.165, 1.54) is 36.6 Å². The predicted octanol–water partition coefficient (Wildman–Crippen LogP) is 2.67. The number of rotatable bonds is 2. The van der Waals surface area contributed by atoms with Gasteiger partial charge in [-0.2, -0.15) is 11.8 Å². The van der Waals surface area contributed by atoms with Crippen LogP contribution < -0.4 is 0 Å². The molecule has 0 amide bonds. The summed E-state index contributed by atoms with van der Waals surface area (Å²) in [5, 5.41) is 0.574. The van der Waals surface area contributed by atoms with Gasteiger partial charge in [0.1, 0.15) is 5.15 Å². The Balaban J connectivity index is 1.92. The molecule has 0 aromatic carbocycles. The van der Waals surface area contributed by atoms with E-state index in [-0.39, 0.29) is 0 Å². The molecule has 2 nitrogen and oxygen atoms in total. The average molecular weight is 243 g/mol. The van der Waals surface area contributed by atoms with Gasteiger partial charge in [-0.25, -0.2) is 4.98 Å². The lowest BCUT2D eigenvalue weighted by molar-refractivity contribution is 0.287. The lowest BCUT2D eigenvalue weighted by Gasteiger charge is -2.18. The zero-order chi connectivity index (χ0) is 10.5. The monoisotopic (exact) mass is 242 g/mol. The number of hydrogen-bond donors (Lipinski definition) is 0. The molecule has 1 aromatic heterocycles. The van der Waals surface area contributed by atoms with Gasteiger partial charge in [0.05, 0.1) is 0 Å². The maximum atomic E-state index is 5.75. The van der Waals surface area contributed by atoms with E-state index in [2.05, 4.69) is 27.7 Å². The smallest absolute Gasteiger partial charge is 0.129 e. The van der Waals surface area contributed by atoms with Crippen molar-refractivity contribution in [3.63, 3.8) is 0 Å². The van der Waals surface area contributed by atoms with Crippen LogP contribution in [0.15, 0.2) is 18.3 Å². The summed E-state index contributed by atoms with van der Waals surface area (Å²) in [7, 11) is 0. The molecule has 0 unspecified atom stereocenters. The summed E-state index contributed by atoms with van der Waals surface area (Å²) in [6, 6.07) is 3.93. The van der Waals surface area contributed by atoms with Crippen LogP contribution in [-0.2, 0) is 6.54 Å². The third-order valence-electron chi connectivity index (χ3n) is 2.51. The van der Waals surface area contributed by atoms with Crippen LogP contribution in [0.3, 0.4) is 0 Å². The van der Waals surface area contributed by atoms with E-state index < -0.39 is 0 Å². The quantitative estimate of drug-likeness (QED) is 0.742. The summed E-state index contributed by atoms with van der Waals surface area (Å²) in [4.78, 5) is 6.59. The summed E-state index contributed by atoms with van der Waals surface area (Å²) >= 11 is 7.81. The molecule has 0 spiro atoms. The van der Waals surface area contributed by atoms with Gasteiger partial charge in [0.25, 0.3) is 0 Å². The number of thioether (sulfide) groups is 1. The molecular weight excluding hydrogens is 228 g/mol. The second-order valence-corrected chi connectivity index (χ2v) is 5.34. The Morgan fingerprint density at radius 2 is 2.27 bits per heavy atom. The van der Waals surface area contributed by atoms with Crippen molar-refractivity contribution in [1.29, 1.82) is 0 Å². The molecule has 4 heteroatoms. The number of hydrogen-bond acceptors (Lipinski definition) is 3. The summed E-state index contributed by atoms with van der Waals surface area (Å²) in [6.07, 6.45) is 3.17. The molecule has 1 fully saturated rings. The van der Waals surface area contributed by atoms with Crippen LogP contribution in [0.4, 0.5) is 0 Å². The van der Waals surface area contributed by atoms with Crippen LogP contribution in [0.1, 0.15) is 12.0 Å². The normalized spacial score (nSPS) is 18.7. The lowest BCUT2D eigenvalue weighted by Crippen LogP contribution is -2.25. The Hall–Kier alpha value is -0.250. The Bertz CT molecular complexity index is 294.